The van der Waals surface area contributed by atoms with Gasteiger partial charge in [-0.2, -0.15) is 0 Å². The highest BCUT2D eigenvalue weighted by Crippen LogP contribution is 2.10. The van der Waals surface area contributed by atoms with Gasteiger partial charge in [0.25, 0.3) is 0 Å². The van der Waals surface area contributed by atoms with Gasteiger partial charge in [0.15, 0.2) is 0 Å². The maximum Gasteiger partial charge on any atom is 0.324 e. The molecule has 0 spiro atoms. The molecule has 18 heavy (non-hydrogen) atoms. The van der Waals surface area contributed by atoms with Crippen LogP contribution in [0.2, 0.25) is 0 Å². The van der Waals surface area contributed by atoms with Crippen LogP contribution in [0.3, 0.4) is 0 Å². The first-order valence-electron chi connectivity index (χ1n) is 6.58. The van der Waals surface area contributed by atoms with E-state index in [1.165, 1.54) is 0 Å². The molecule has 0 aliphatic carbocycles. The van der Waals surface area contributed by atoms with Gasteiger partial charge in [0.2, 0.25) is 0 Å². The zero-order valence-corrected chi connectivity index (χ0v) is 12.3. The fraction of sp³-hybridized carbons (Fsp3) is 0.923. The highest BCUT2D eigenvalue weighted by molar-refractivity contribution is 5.78. The van der Waals surface area contributed by atoms with Crippen LogP contribution in [0.4, 0.5) is 0 Å². The van der Waals surface area contributed by atoms with Crippen molar-refractivity contribution in [2.45, 2.75) is 45.7 Å². The van der Waals surface area contributed by atoms with Crippen molar-refractivity contribution in [1.29, 1.82) is 0 Å². The SMILES string of the molecule is CCCNC(C)(CN(CCOC)C(C)C)C(=O)O. The molecule has 0 aromatic rings. The molecule has 0 fully saturated rings. The fourth-order valence-corrected chi connectivity index (χ4v) is 1.73. The smallest absolute Gasteiger partial charge is 0.324 e. The van der Waals surface area contributed by atoms with Crippen LogP contribution in [-0.2, 0) is 9.53 Å². The minimum atomic E-state index is -0.909. The minimum absolute atomic E-state index is 0.294. The fourth-order valence-electron chi connectivity index (χ4n) is 1.73. The normalized spacial score (nSPS) is 15.1. The molecule has 0 saturated heterocycles. The Hall–Kier alpha value is -0.650. The van der Waals surface area contributed by atoms with Crippen molar-refractivity contribution < 1.29 is 14.6 Å². The summed E-state index contributed by atoms with van der Waals surface area (Å²) in [5, 5.41) is 12.5. The summed E-state index contributed by atoms with van der Waals surface area (Å²) < 4.78 is 5.07. The van der Waals surface area contributed by atoms with E-state index in [9.17, 15) is 9.90 Å². The second-order valence-corrected chi connectivity index (χ2v) is 5.12. The Morgan fingerprint density at radius 2 is 2.11 bits per heavy atom. The van der Waals surface area contributed by atoms with Crippen LogP contribution in [0.1, 0.15) is 34.1 Å². The van der Waals surface area contributed by atoms with Gasteiger partial charge in [-0.25, -0.2) is 0 Å². The number of ether oxygens (including phenoxy) is 1. The monoisotopic (exact) mass is 260 g/mol. The van der Waals surface area contributed by atoms with Crippen LogP contribution in [-0.4, -0.2) is 60.9 Å². The van der Waals surface area contributed by atoms with Gasteiger partial charge < -0.3 is 15.2 Å². The molecule has 0 aliphatic rings. The number of methoxy groups -OCH3 is 1. The van der Waals surface area contributed by atoms with Gasteiger partial charge in [0.05, 0.1) is 6.61 Å². The van der Waals surface area contributed by atoms with Crippen molar-refractivity contribution in [2.24, 2.45) is 0 Å². The first-order valence-corrected chi connectivity index (χ1v) is 6.58. The van der Waals surface area contributed by atoms with Crippen molar-refractivity contribution in [3.8, 4) is 0 Å². The van der Waals surface area contributed by atoms with E-state index in [4.69, 9.17) is 4.74 Å². The van der Waals surface area contributed by atoms with E-state index in [0.717, 1.165) is 13.0 Å². The van der Waals surface area contributed by atoms with E-state index in [0.29, 0.717) is 25.7 Å². The van der Waals surface area contributed by atoms with E-state index in [2.05, 4.69) is 24.1 Å². The molecule has 0 aromatic carbocycles. The Kier molecular flexibility index (Phi) is 8.15. The third-order valence-electron chi connectivity index (χ3n) is 3.07. The summed E-state index contributed by atoms with van der Waals surface area (Å²) in [6, 6.07) is 0.294. The maximum absolute atomic E-state index is 11.4. The molecule has 5 heteroatoms. The van der Waals surface area contributed by atoms with Crippen molar-refractivity contribution >= 4 is 5.97 Å². The van der Waals surface area contributed by atoms with Crippen molar-refractivity contribution in [3.05, 3.63) is 0 Å². The van der Waals surface area contributed by atoms with Crippen LogP contribution >= 0.6 is 0 Å². The molecule has 0 saturated carbocycles. The van der Waals surface area contributed by atoms with Crippen LogP contribution in [0.15, 0.2) is 0 Å². The van der Waals surface area contributed by atoms with Crippen LogP contribution in [0, 0.1) is 0 Å². The lowest BCUT2D eigenvalue weighted by Crippen LogP contribution is -2.58. The summed E-state index contributed by atoms with van der Waals surface area (Å²) in [7, 11) is 1.66. The molecule has 5 nitrogen and oxygen atoms in total. The molecule has 1 unspecified atom stereocenters. The molecule has 1 atom stereocenters. The third-order valence-corrected chi connectivity index (χ3v) is 3.07. The molecule has 0 aromatic heterocycles. The molecular formula is C13H28N2O3. The van der Waals surface area contributed by atoms with E-state index in [1.807, 2.05) is 6.92 Å². The lowest BCUT2D eigenvalue weighted by Gasteiger charge is -2.35. The van der Waals surface area contributed by atoms with E-state index in [-0.39, 0.29) is 0 Å². The summed E-state index contributed by atoms with van der Waals surface area (Å²) in [6.45, 7) is 10.4. The summed E-state index contributed by atoms with van der Waals surface area (Å²) in [5.41, 5.74) is -0.909. The predicted molar refractivity (Wildman–Crippen MR) is 72.9 cm³/mol. The van der Waals surface area contributed by atoms with Crippen LogP contribution in [0.25, 0.3) is 0 Å². The van der Waals surface area contributed by atoms with Gasteiger partial charge in [-0.1, -0.05) is 6.92 Å². The lowest BCUT2D eigenvalue weighted by molar-refractivity contribution is -0.145. The number of carboxylic acids is 1. The second-order valence-electron chi connectivity index (χ2n) is 5.12. The Morgan fingerprint density at radius 3 is 2.50 bits per heavy atom. The van der Waals surface area contributed by atoms with E-state index < -0.39 is 11.5 Å². The van der Waals surface area contributed by atoms with Crippen molar-refractivity contribution in [1.82, 2.24) is 10.2 Å². The number of rotatable bonds is 10. The highest BCUT2D eigenvalue weighted by Gasteiger charge is 2.34. The summed E-state index contributed by atoms with van der Waals surface area (Å²) in [6.07, 6.45) is 0.919. The molecule has 0 amide bonds. The number of carbonyl (C=O) groups is 1. The summed E-state index contributed by atoms with van der Waals surface area (Å²) in [4.78, 5) is 13.6. The number of hydrogen-bond acceptors (Lipinski definition) is 4. The number of nitrogens with zero attached hydrogens (tertiary/aromatic N) is 1. The molecular weight excluding hydrogens is 232 g/mol. The standard InChI is InChI=1S/C13H28N2O3/c1-6-7-14-13(4,12(16)17)10-15(11(2)3)8-9-18-5/h11,14H,6-10H2,1-5H3,(H,16,17). The molecule has 2 N–H and O–H groups in total. The third kappa shape index (κ3) is 5.80. The molecule has 0 aliphatic heterocycles. The summed E-state index contributed by atoms with van der Waals surface area (Å²) in [5.74, 6) is -0.806. The Balaban J connectivity index is 4.64. The maximum atomic E-state index is 11.4. The minimum Gasteiger partial charge on any atom is -0.480 e. The summed E-state index contributed by atoms with van der Waals surface area (Å²) >= 11 is 0. The van der Waals surface area contributed by atoms with Gasteiger partial charge in [-0.3, -0.25) is 9.69 Å². The average molecular weight is 260 g/mol. The topological polar surface area (TPSA) is 61.8 Å². The zero-order chi connectivity index (χ0) is 14.2. The van der Waals surface area contributed by atoms with Crippen LogP contribution < -0.4 is 5.32 Å². The number of aliphatic carboxylic acids is 1. The van der Waals surface area contributed by atoms with Gasteiger partial charge >= 0.3 is 5.97 Å². The first kappa shape index (κ1) is 17.4. The number of carboxylic acid groups (broad SMARTS) is 1. The van der Waals surface area contributed by atoms with Crippen LogP contribution in [0.5, 0.6) is 0 Å². The van der Waals surface area contributed by atoms with Gasteiger partial charge in [-0.15, -0.1) is 0 Å². The van der Waals surface area contributed by atoms with Crippen molar-refractivity contribution in [3.63, 3.8) is 0 Å². The van der Waals surface area contributed by atoms with Crippen molar-refractivity contribution in [2.75, 3.05) is 33.4 Å². The zero-order valence-electron chi connectivity index (χ0n) is 12.3. The van der Waals surface area contributed by atoms with E-state index in [1.54, 1.807) is 14.0 Å². The van der Waals surface area contributed by atoms with Gasteiger partial charge in [0.1, 0.15) is 5.54 Å². The lowest BCUT2D eigenvalue weighted by atomic mass is 10.0. The Morgan fingerprint density at radius 1 is 1.50 bits per heavy atom. The average Bonchev–Trinajstić information content (AvgIpc) is 2.31. The number of hydrogen-bond donors (Lipinski definition) is 2. The van der Waals surface area contributed by atoms with Gasteiger partial charge in [0, 0.05) is 26.2 Å². The predicted octanol–water partition coefficient (Wildman–Crippen LogP) is 1.19. The highest BCUT2D eigenvalue weighted by atomic mass is 16.5. The first-order chi connectivity index (χ1) is 8.37. The number of nitrogens with one attached hydrogen (secondary N) is 1. The molecule has 0 radical (unpaired) electrons. The quantitative estimate of drug-likeness (QED) is 0.618. The molecule has 0 bridgehead atoms. The Labute approximate surface area is 110 Å². The Bertz CT molecular complexity index is 246. The van der Waals surface area contributed by atoms with E-state index >= 15 is 0 Å². The second kappa shape index (κ2) is 8.45. The molecule has 108 valence electrons. The molecule has 0 rings (SSSR count). The molecule has 0 heterocycles. The van der Waals surface area contributed by atoms with Gasteiger partial charge in [-0.05, 0) is 33.7 Å². The largest absolute Gasteiger partial charge is 0.480 e.